The maximum Gasteiger partial charge on any atom is 0.280 e. The van der Waals surface area contributed by atoms with Crippen LogP contribution in [0.5, 0.6) is 0 Å². The molecule has 1 amide bonds. The van der Waals surface area contributed by atoms with E-state index in [-0.39, 0.29) is 23.0 Å². The Hall–Kier alpha value is -2.34. The zero-order valence-electron chi connectivity index (χ0n) is 17.5. The molecule has 2 aromatic heterocycles. The van der Waals surface area contributed by atoms with E-state index in [2.05, 4.69) is 20.3 Å². The number of aliphatic hydroxyl groups excluding tert-OH is 3. The summed E-state index contributed by atoms with van der Waals surface area (Å²) in [6.45, 7) is -0.470. The fourth-order valence-electron chi connectivity index (χ4n) is 6.91. The Labute approximate surface area is 182 Å². The molecule has 3 heterocycles. The molecule has 4 bridgehead atoms. The van der Waals surface area contributed by atoms with Gasteiger partial charge in [-0.25, -0.2) is 4.98 Å². The van der Waals surface area contributed by atoms with Crippen molar-refractivity contribution >= 4 is 23.0 Å². The highest BCUT2D eigenvalue weighted by Gasteiger charge is 2.54. The lowest BCUT2D eigenvalue weighted by Gasteiger charge is -2.55. The van der Waals surface area contributed by atoms with Crippen molar-refractivity contribution in [3.63, 3.8) is 0 Å². The van der Waals surface area contributed by atoms with E-state index in [0.29, 0.717) is 17.8 Å². The van der Waals surface area contributed by atoms with Crippen LogP contribution in [0.15, 0.2) is 11.1 Å². The SMILES string of the molecule is O=C(Nc1nc2c(ncn2[C@H]2O[C@@H](CO)[C@@H](O)[C@H]2O)c(=O)[nH]1)C12CC3CC(CC(C3)C1)C2. The summed E-state index contributed by atoms with van der Waals surface area (Å²) >= 11 is 0. The van der Waals surface area contributed by atoms with Crippen molar-refractivity contribution in [2.24, 2.45) is 23.2 Å². The number of hydrogen-bond acceptors (Lipinski definition) is 8. The monoisotopic (exact) mass is 445 g/mol. The third kappa shape index (κ3) is 2.95. The van der Waals surface area contributed by atoms with Crippen molar-refractivity contribution in [1.82, 2.24) is 19.5 Å². The number of H-pyrrole nitrogens is 1. The second-order valence-corrected chi connectivity index (χ2v) is 10.1. The van der Waals surface area contributed by atoms with Gasteiger partial charge in [0.15, 0.2) is 17.4 Å². The summed E-state index contributed by atoms with van der Waals surface area (Å²) in [5.74, 6) is 1.74. The van der Waals surface area contributed by atoms with Crippen molar-refractivity contribution in [1.29, 1.82) is 0 Å². The molecule has 172 valence electrons. The van der Waals surface area contributed by atoms with Gasteiger partial charge in [0.05, 0.1) is 18.3 Å². The summed E-state index contributed by atoms with van der Waals surface area (Å²) in [7, 11) is 0. The number of imidazole rings is 1. The molecular formula is C21H27N5O6. The number of aliphatic hydroxyl groups is 3. The van der Waals surface area contributed by atoms with Crippen molar-refractivity contribution < 1.29 is 24.9 Å². The number of aromatic nitrogens is 4. The van der Waals surface area contributed by atoms with Crippen LogP contribution in [0.2, 0.25) is 0 Å². The lowest BCUT2D eigenvalue weighted by Crippen LogP contribution is -2.52. The number of hydrogen-bond donors (Lipinski definition) is 5. The van der Waals surface area contributed by atoms with Crippen LogP contribution in [-0.2, 0) is 9.53 Å². The minimum atomic E-state index is -1.34. The highest BCUT2D eigenvalue weighted by molar-refractivity contribution is 5.94. The third-order valence-corrected chi connectivity index (χ3v) is 7.98. The molecule has 0 radical (unpaired) electrons. The fourth-order valence-corrected chi connectivity index (χ4v) is 6.91. The van der Waals surface area contributed by atoms with Crippen LogP contribution in [0.4, 0.5) is 5.95 Å². The number of carbonyl (C=O) groups excluding carboxylic acids is 1. The first-order valence-corrected chi connectivity index (χ1v) is 11.3. The Morgan fingerprint density at radius 3 is 2.44 bits per heavy atom. The molecule has 5 aliphatic rings. The van der Waals surface area contributed by atoms with E-state index in [1.165, 1.54) is 30.2 Å². The molecule has 4 saturated carbocycles. The predicted molar refractivity (Wildman–Crippen MR) is 110 cm³/mol. The average Bonchev–Trinajstić information content (AvgIpc) is 3.28. The van der Waals surface area contributed by atoms with Gasteiger partial charge < -0.3 is 20.1 Å². The summed E-state index contributed by atoms with van der Waals surface area (Å²) in [5.41, 5.74) is -0.785. The van der Waals surface area contributed by atoms with Crippen molar-refractivity contribution in [3.05, 3.63) is 16.7 Å². The number of nitrogens with one attached hydrogen (secondary N) is 2. The summed E-state index contributed by atoms with van der Waals surface area (Å²) in [5, 5.41) is 32.6. The second-order valence-electron chi connectivity index (χ2n) is 10.1. The molecular weight excluding hydrogens is 418 g/mol. The average molecular weight is 445 g/mol. The Bertz CT molecular complexity index is 1090. The van der Waals surface area contributed by atoms with Crippen LogP contribution >= 0.6 is 0 Å². The maximum absolute atomic E-state index is 13.3. The van der Waals surface area contributed by atoms with E-state index >= 15 is 0 Å². The van der Waals surface area contributed by atoms with E-state index in [0.717, 1.165) is 19.3 Å². The molecule has 2 aromatic rings. The van der Waals surface area contributed by atoms with Gasteiger partial charge in [0.25, 0.3) is 5.56 Å². The highest BCUT2D eigenvalue weighted by atomic mass is 16.6. The molecule has 4 atom stereocenters. The van der Waals surface area contributed by atoms with Gasteiger partial charge >= 0.3 is 0 Å². The lowest BCUT2D eigenvalue weighted by atomic mass is 9.49. The topological polar surface area (TPSA) is 163 Å². The predicted octanol–water partition coefficient (Wildman–Crippen LogP) is -0.114. The van der Waals surface area contributed by atoms with Crippen LogP contribution < -0.4 is 10.9 Å². The molecule has 1 saturated heterocycles. The Balaban J connectivity index is 1.31. The van der Waals surface area contributed by atoms with E-state index in [4.69, 9.17) is 4.74 Å². The standard InChI is InChI=1S/C21H27N5O6/c27-7-12-14(28)15(29)18(32-12)26-8-22-13-16(26)23-20(24-17(13)30)25-19(31)21-4-9-1-10(5-21)3-11(2-9)6-21/h8-12,14-15,18,27-29H,1-7H2,(H2,23,24,25,30,31)/t9?,10?,11?,12-,14+,15+,18-,21?/m0/s1. The zero-order valence-corrected chi connectivity index (χ0v) is 17.5. The minimum Gasteiger partial charge on any atom is -0.394 e. The number of carbonyl (C=O) groups is 1. The highest BCUT2D eigenvalue weighted by Crippen LogP contribution is 2.60. The Morgan fingerprint density at radius 1 is 1.19 bits per heavy atom. The summed E-state index contributed by atoms with van der Waals surface area (Å²) in [6, 6.07) is 0. The number of fused-ring (bicyclic) bond motifs is 1. The summed E-state index contributed by atoms with van der Waals surface area (Å²) in [6.07, 6.45) is 2.94. The van der Waals surface area contributed by atoms with Crippen LogP contribution in [0, 0.1) is 23.2 Å². The Morgan fingerprint density at radius 2 is 1.84 bits per heavy atom. The van der Waals surface area contributed by atoms with Gasteiger partial charge in [-0.3, -0.25) is 24.5 Å². The van der Waals surface area contributed by atoms with Crippen LogP contribution in [0.3, 0.4) is 0 Å². The summed E-state index contributed by atoms with van der Waals surface area (Å²) in [4.78, 5) is 37.0. The van der Waals surface area contributed by atoms with Crippen LogP contribution in [0.25, 0.3) is 11.2 Å². The molecule has 4 aliphatic carbocycles. The molecule has 32 heavy (non-hydrogen) atoms. The van der Waals surface area contributed by atoms with E-state index in [9.17, 15) is 24.9 Å². The first-order valence-electron chi connectivity index (χ1n) is 11.3. The van der Waals surface area contributed by atoms with Gasteiger partial charge in [0, 0.05) is 0 Å². The maximum atomic E-state index is 13.3. The molecule has 1 aliphatic heterocycles. The Kier molecular flexibility index (Phi) is 4.49. The van der Waals surface area contributed by atoms with E-state index < -0.39 is 42.1 Å². The molecule has 0 aromatic carbocycles. The van der Waals surface area contributed by atoms with Gasteiger partial charge in [0.2, 0.25) is 11.9 Å². The zero-order chi connectivity index (χ0) is 22.2. The third-order valence-electron chi connectivity index (χ3n) is 7.98. The van der Waals surface area contributed by atoms with Gasteiger partial charge in [-0.15, -0.1) is 0 Å². The van der Waals surface area contributed by atoms with Gasteiger partial charge in [-0.05, 0) is 56.3 Å². The number of nitrogens with zero attached hydrogens (tertiary/aromatic N) is 3. The number of aromatic amines is 1. The molecule has 7 rings (SSSR count). The first-order chi connectivity index (χ1) is 15.4. The number of ether oxygens (including phenoxy) is 1. The second kappa shape index (κ2) is 7.08. The van der Waals surface area contributed by atoms with Crippen LogP contribution in [-0.4, -0.2) is 65.7 Å². The number of amides is 1. The molecule has 0 unspecified atom stereocenters. The van der Waals surface area contributed by atoms with Gasteiger partial charge in [-0.2, -0.15) is 4.98 Å². The smallest absolute Gasteiger partial charge is 0.280 e. The normalized spacial score (nSPS) is 40.3. The lowest BCUT2D eigenvalue weighted by molar-refractivity contribution is -0.140. The summed E-state index contributed by atoms with van der Waals surface area (Å²) < 4.78 is 6.89. The van der Waals surface area contributed by atoms with Gasteiger partial charge in [0.1, 0.15) is 18.3 Å². The first kappa shape index (κ1) is 20.3. The molecule has 11 nitrogen and oxygen atoms in total. The molecule has 5 N–H and O–H groups in total. The largest absolute Gasteiger partial charge is 0.394 e. The quantitative estimate of drug-likeness (QED) is 0.435. The van der Waals surface area contributed by atoms with Crippen molar-refractivity contribution in [2.45, 2.75) is 63.1 Å². The van der Waals surface area contributed by atoms with Crippen molar-refractivity contribution in [3.8, 4) is 0 Å². The fraction of sp³-hybridized carbons (Fsp3) is 0.714. The van der Waals surface area contributed by atoms with E-state index in [1.54, 1.807) is 0 Å². The van der Waals surface area contributed by atoms with E-state index in [1.807, 2.05) is 0 Å². The molecule has 11 heteroatoms. The molecule has 5 fully saturated rings. The van der Waals surface area contributed by atoms with Crippen molar-refractivity contribution in [2.75, 3.05) is 11.9 Å². The van der Waals surface area contributed by atoms with Crippen LogP contribution in [0.1, 0.15) is 44.8 Å². The number of rotatable bonds is 4. The minimum absolute atomic E-state index is 0.0236. The number of anilines is 1. The molecule has 0 spiro atoms. The van der Waals surface area contributed by atoms with Gasteiger partial charge in [-0.1, -0.05) is 0 Å².